The van der Waals surface area contributed by atoms with Crippen molar-refractivity contribution in [2.45, 2.75) is 0 Å². The zero-order valence-electron chi connectivity index (χ0n) is 18.9. The quantitative estimate of drug-likeness (QED) is 0.106. The van der Waals surface area contributed by atoms with Crippen LogP contribution in [-0.2, 0) is 21.7 Å². The molecular weight excluding hydrogens is 444 g/mol. The van der Waals surface area contributed by atoms with E-state index in [2.05, 4.69) is 140 Å². The van der Waals surface area contributed by atoms with Crippen molar-refractivity contribution in [1.82, 2.24) is 0 Å². The molecule has 6 rings (SSSR count). The summed E-state index contributed by atoms with van der Waals surface area (Å²) in [4.78, 5) is 0. The maximum atomic E-state index is 3.24. The smallest absolute Gasteiger partial charge is 0.147 e. The van der Waals surface area contributed by atoms with Gasteiger partial charge in [0.2, 0.25) is 0 Å². The molecule has 0 bridgehead atoms. The van der Waals surface area contributed by atoms with Gasteiger partial charge >= 0.3 is 21.7 Å². The summed E-state index contributed by atoms with van der Waals surface area (Å²) in [5, 5.41) is 5.07. The molecule has 0 atom stereocenters. The van der Waals surface area contributed by atoms with Crippen LogP contribution in [0.15, 0.2) is 146 Å². The standard InChI is InChI=1S/C19H15.C14H9.Ti/c1-4-10-16(11-5-1)19(17-12-6-2-7-13-17)18-14-8-3-9-15-18;1-3-7-13-11(5-1)9-10-12-6-2-4-8-14(12)13;/h1-15H;1-5,7-10H;/q2*-1;+2. The maximum Gasteiger partial charge on any atom is 2.00 e. The van der Waals surface area contributed by atoms with Crippen molar-refractivity contribution in [2.75, 3.05) is 0 Å². The third kappa shape index (κ3) is 5.31. The van der Waals surface area contributed by atoms with Crippen LogP contribution in [-0.4, -0.2) is 0 Å². The van der Waals surface area contributed by atoms with E-state index in [1.54, 1.807) is 0 Å². The van der Waals surface area contributed by atoms with Crippen LogP contribution in [0.1, 0.15) is 16.7 Å². The molecule has 0 aliphatic rings. The number of hydrogen-bond acceptors (Lipinski definition) is 0. The maximum absolute atomic E-state index is 3.24. The molecule has 0 heterocycles. The van der Waals surface area contributed by atoms with E-state index in [1.165, 1.54) is 44.2 Å². The van der Waals surface area contributed by atoms with Crippen molar-refractivity contribution < 1.29 is 21.7 Å². The van der Waals surface area contributed by atoms with E-state index < -0.39 is 0 Å². The van der Waals surface area contributed by atoms with Gasteiger partial charge in [-0.2, -0.15) is 0 Å². The average Bonchev–Trinajstić information content (AvgIpc) is 2.91. The van der Waals surface area contributed by atoms with Crippen molar-refractivity contribution >= 4 is 21.5 Å². The number of rotatable bonds is 3. The largest absolute Gasteiger partial charge is 2.00 e. The van der Waals surface area contributed by atoms with Gasteiger partial charge in [0.05, 0.1) is 0 Å². The molecule has 1 heteroatoms. The zero-order chi connectivity index (χ0) is 22.3. The Morgan fingerprint density at radius 2 is 0.882 bits per heavy atom. The fourth-order valence-corrected chi connectivity index (χ4v) is 4.20. The van der Waals surface area contributed by atoms with Gasteiger partial charge in [0.25, 0.3) is 0 Å². The molecule has 6 aromatic carbocycles. The van der Waals surface area contributed by atoms with Gasteiger partial charge in [0.1, 0.15) is 0 Å². The number of fused-ring (bicyclic) bond motifs is 3. The van der Waals surface area contributed by atoms with Gasteiger partial charge < -0.3 is 0 Å². The van der Waals surface area contributed by atoms with Gasteiger partial charge in [-0.15, -0.1) is 41.1 Å². The van der Waals surface area contributed by atoms with Crippen LogP contribution in [0.4, 0.5) is 0 Å². The van der Waals surface area contributed by atoms with E-state index >= 15 is 0 Å². The summed E-state index contributed by atoms with van der Waals surface area (Å²) in [5.74, 6) is 1.28. The van der Waals surface area contributed by atoms with Crippen LogP contribution in [0.5, 0.6) is 0 Å². The van der Waals surface area contributed by atoms with E-state index in [0.29, 0.717) is 0 Å². The minimum atomic E-state index is 0. The van der Waals surface area contributed by atoms with E-state index in [4.69, 9.17) is 0 Å². The Balaban J connectivity index is 0.000000163. The molecule has 0 aliphatic heterocycles. The predicted octanol–water partition coefficient (Wildman–Crippen LogP) is 8.50. The summed E-state index contributed by atoms with van der Waals surface area (Å²) in [6, 6.07) is 53.7. The Kier molecular flexibility index (Phi) is 7.99. The van der Waals surface area contributed by atoms with Crippen molar-refractivity contribution in [1.29, 1.82) is 0 Å². The van der Waals surface area contributed by atoms with E-state index in [0.717, 1.165) is 0 Å². The second-order valence-electron chi connectivity index (χ2n) is 7.89. The molecule has 0 aromatic heterocycles. The van der Waals surface area contributed by atoms with Gasteiger partial charge in [-0.25, -0.2) is 0 Å². The number of hydrogen-bond donors (Lipinski definition) is 0. The summed E-state index contributed by atoms with van der Waals surface area (Å²) >= 11 is 0. The van der Waals surface area contributed by atoms with Gasteiger partial charge in [-0.3, -0.25) is 0 Å². The minimum Gasteiger partial charge on any atom is -0.147 e. The van der Waals surface area contributed by atoms with Crippen molar-refractivity contribution in [2.24, 2.45) is 0 Å². The molecule has 0 nitrogen and oxygen atoms in total. The van der Waals surface area contributed by atoms with E-state index in [-0.39, 0.29) is 21.7 Å². The van der Waals surface area contributed by atoms with Crippen LogP contribution in [0.3, 0.4) is 0 Å². The molecule has 0 fully saturated rings. The average molecular weight is 468 g/mol. The van der Waals surface area contributed by atoms with Gasteiger partial charge in [-0.1, -0.05) is 149 Å². The molecule has 160 valence electrons. The Morgan fingerprint density at radius 3 is 1.44 bits per heavy atom. The van der Waals surface area contributed by atoms with Crippen molar-refractivity contribution in [3.8, 4) is 0 Å². The summed E-state index contributed by atoms with van der Waals surface area (Å²) in [7, 11) is 0. The van der Waals surface area contributed by atoms with Crippen LogP contribution in [0, 0.1) is 12.0 Å². The third-order valence-electron chi connectivity index (χ3n) is 5.76. The Morgan fingerprint density at radius 1 is 0.412 bits per heavy atom. The first-order valence-electron chi connectivity index (χ1n) is 11.2. The SMILES string of the molecule is [Ti+2].[c-]1cccc2c1ccc1ccccc12.c1ccc([C-](c2ccccc2)c2ccccc2)cc1. The Hall–Kier alpha value is -3.58. The molecule has 0 saturated carbocycles. The monoisotopic (exact) mass is 468 g/mol. The molecule has 0 unspecified atom stereocenters. The first-order valence-corrected chi connectivity index (χ1v) is 11.2. The van der Waals surface area contributed by atoms with Gasteiger partial charge in [-0.05, 0) is 5.39 Å². The normalized spacial score (nSPS) is 10.1. The molecule has 0 aliphatic carbocycles. The predicted molar refractivity (Wildman–Crippen MR) is 140 cm³/mol. The molecule has 0 radical (unpaired) electrons. The topological polar surface area (TPSA) is 0 Å². The second kappa shape index (κ2) is 11.5. The first kappa shape index (κ1) is 23.6. The van der Waals surface area contributed by atoms with Crippen molar-refractivity contribution in [3.63, 3.8) is 0 Å². The van der Waals surface area contributed by atoms with Crippen LogP contribution in [0.25, 0.3) is 21.5 Å². The van der Waals surface area contributed by atoms with Gasteiger partial charge in [0.15, 0.2) is 0 Å². The summed E-state index contributed by atoms with van der Waals surface area (Å²) < 4.78 is 0. The summed E-state index contributed by atoms with van der Waals surface area (Å²) in [6.07, 6.45) is 0. The zero-order valence-corrected chi connectivity index (χ0v) is 20.4. The fraction of sp³-hybridized carbons (Fsp3) is 0. The minimum absolute atomic E-state index is 0. The molecule has 6 aromatic rings. The molecular formula is C33H24Ti. The van der Waals surface area contributed by atoms with Gasteiger partial charge in [0, 0.05) is 0 Å². The summed E-state index contributed by atoms with van der Waals surface area (Å²) in [5.41, 5.74) is 3.75. The van der Waals surface area contributed by atoms with Crippen LogP contribution < -0.4 is 0 Å². The Bertz CT molecular complexity index is 1290. The first-order chi connectivity index (χ1) is 16.4. The molecule has 0 saturated heterocycles. The molecule has 0 spiro atoms. The van der Waals surface area contributed by atoms with E-state index in [9.17, 15) is 0 Å². The van der Waals surface area contributed by atoms with Crippen LogP contribution >= 0.6 is 0 Å². The number of benzene rings is 6. The fourth-order valence-electron chi connectivity index (χ4n) is 4.20. The summed E-state index contributed by atoms with van der Waals surface area (Å²) in [6.45, 7) is 0. The molecule has 34 heavy (non-hydrogen) atoms. The molecule has 0 N–H and O–H groups in total. The van der Waals surface area contributed by atoms with Crippen LogP contribution in [0.2, 0.25) is 0 Å². The van der Waals surface area contributed by atoms with E-state index in [1.807, 2.05) is 12.1 Å². The second-order valence-corrected chi connectivity index (χ2v) is 7.89. The Labute approximate surface area is 216 Å². The molecule has 0 amide bonds. The third-order valence-corrected chi connectivity index (χ3v) is 5.76. The van der Waals surface area contributed by atoms with Crippen molar-refractivity contribution in [3.05, 3.63) is 174 Å².